The monoisotopic (exact) mass is 541 g/mol. The van der Waals surface area contributed by atoms with E-state index in [1.54, 1.807) is 24.4 Å². The van der Waals surface area contributed by atoms with Gasteiger partial charge in [-0.05, 0) is 81.3 Å². The van der Waals surface area contributed by atoms with Crippen molar-refractivity contribution >= 4 is 28.6 Å². The summed E-state index contributed by atoms with van der Waals surface area (Å²) in [6.45, 7) is 2.23. The van der Waals surface area contributed by atoms with Crippen molar-refractivity contribution in [1.82, 2.24) is 15.2 Å². The quantitative estimate of drug-likeness (QED) is 0.406. The Balaban J connectivity index is 1.02. The number of hydrogen-bond donors (Lipinski definition) is 2. The molecule has 1 aliphatic heterocycles. The molecular weight excluding hydrogens is 509 g/mol. The summed E-state index contributed by atoms with van der Waals surface area (Å²) >= 11 is 6.00. The van der Waals surface area contributed by atoms with Crippen molar-refractivity contribution in [2.75, 3.05) is 19.6 Å². The lowest BCUT2D eigenvalue weighted by molar-refractivity contribution is -0.0267. The topological polar surface area (TPSA) is 83.9 Å². The number of piperidine rings is 1. The number of halogens is 2. The second-order valence-electron chi connectivity index (χ2n) is 10.2. The standard InChI is InChI=1S/C29H33ClFN3O4/c30-28-22(31)5-3-7-27(28)37-26-14-17-34(18-24(26)35)16-13-19-8-10-20(11-9-19)33-29(36)38-25-12-15-32-23-6-2-1-4-21(23)25/h1-7,12,15,19-20,24,26,35H,8-11,13-14,16-18H2,(H,33,36)/t19-,20-,24-,26-/m0/s1. The molecule has 1 aliphatic carbocycles. The normalized spacial score (nSPS) is 24.2. The molecule has 2 atom stereocenters. The molecule has 0 bridgehead atoms. The second-order valence-corrected chi connectivity index (χ2v) is 10.6. The van der Waals surface area contributed by atoms with Gasteiger partial charge in [-0.2, -0.15) is 0 Å². The highest BCUT2D eigenvalue weighted by molar-refractivity contribution is 6.32. The molecule has 0 radical (unpaired) electrons. The molecule has 38 heavy (non-hydrogen) atoms. The van der Waals surface area contributed by atoms with Crippen LogP contribution in [0.5, 0.6) is 11.5 Å². The van der Waals surface area contributed by atoms with Crippen LogP contribution in [-0.4, -0.2) is 59.0 Å². The summed E-state index contributed by atoms with van der Waals surface area (Å²) in [6, 6.07) is 13.9. The fourth-order valence-corrected chi connectivity index (χ4v) is 5.64. The maximum atomic E-state index is 13.7. The average Bonchev–Trinajstić information content (AvgIpc) is 2.92. The maximum absolute atomic E-state index is 13.7. The van der Waals surface area contributed by atoms with Crippen LogP contribution in [0.15, 0.2) is 54.7 Å². The van der Waals surface area contributed by atoms with Crippen LogP contribution in [0.2, 0.25) is 5.02 Å². The van der Waals surface area contributed by atoms with E-state index in [0.29, 0.717) is 24.6 Å². The van der Waals surface area contributed by atoms with Crippen molar-refractivity contribution in [1.29, 1.82) is 0 Å². The number of aliphatic hydroxyl groups excluding tert-OH is 1. The Kier molecular flexibility index (Phi) is 8.61. The zero-order valence-electron chi connectivity index (χ0n) is 21.2. The number of nitrogens with zero attached hydrogens (tertiary/aromatic N) is 2. The highest BCUT2D eigenvalue weighted by Gasteiger charge is 2.31. The fraction of sp³-hybridized carbons (Fsp3) is 0.448. The Morgan fingerprint density at radius 3 is 2.71 bits per heavy atom. The van der Waals surface area contributed by atoms with Crippen LogP contribution in [0.25, 0.3) is 10.9 Å². The van der Waals surface area contributed by atoms with E-state index >= 15 is 0 Å². The Morgan fingerprint density at radius 1 is 1.08 bits per heavy atom. The maximum Gasteiger partial charge on any atom is 0.412 e. The minimum absolute atomic E-state index is 0.0497. The first-order valence-electron chi connectivity index (χ1n) is 13.3. The van der Waals surface area contributed by atoms with Gasteiger partial charge in [0.15, 0.2) is 0 Å². The van der Waals surface area contributed by atoms with Gasteiger partial charge in [0.2, 0.25) is 0 Å². The fourth-order valence-electron chi connectivity index (χ4n) is 5.47. The van der Waals surface area contributed by atoms with Crippen LogP contribution in [0.4, 0.5) is 9.18 Å². The number of likely N-dealkylation sites (tertiary alicyclic amines) is 1. The van der Waals surface area contributed by atoms with Gasteiger partial charge in [0.1, 0.15) is 34.5 Å². The van der Waals surface area contributed by atoms with E-state index in [-0.39, 0.29) is 16.8 Å². The predicted octanol–water partition coefficient (Wildman–Crippen LogP) is 5.58. The molecule has 7 nitrogen and oxygen atoms in total. The summed E-state index contributed by atoms with van der Waals surface area (Å²) in [7, 11) is 0. The highest BCUT2D eigenvalue weighted by atomic mass is 35.5. The Hall–Kier alpha value is -2.94. The van der Waals surface area contributed by atoms with Crippen molar-refractivity contribution in [3.8, 4) is 11.5 Å². The number of aromatic nitrogens is 1. The lowest BCUT2D eigenvalue weighted by atomic mass is 9.84. The first-order valence-corrected chi connectivity index (χ1v) is 13.7. The van der Waals surface area contributed by atoms with Crippen molar-refractivity contribution in [2.24, 2.45) is 5.92 Å². The van der Waals surface area contributed by atoms with Gasteiger partial charge in [-0.1, -0.05) is 29.8 Å². The molecule has 1 saturated carbocycles. The number of rotatable bonds is 7. The van der Waals surface area contributed by atoms with Crippen molar-refractivity contribution < 1.29 is 23.8 Å². The number of fused-ring (bicyclic) bond motifs is 1. The van der Waals surface area contributed by atoms with Crippen LogP contribution in [0, 0.1) is 11.7 Å². The van der Waals surface area contributed by atoms with Gasteiger partial charge >= 0.3 is 6.09 Å². The molecule has 2 heterocycles. The molecule has 2 fully saturated rings. The molecule has 2 aliphatic rings. The Labute approximate surface area is 226 Å². The molecule has 5 rings (SSSR count). The van der Waals surface area contributed by atoms with Crippen molar-refractivity contribution in [3.05, 3.63) is 65.6 Å². The first kappa shape index (κ1) is 26.7. The van der Waals surface area contributed by atoms with Gasteiger partial charge in [0.05, 0.1) is 5.52 Å². The van der Waals surface area contributed by atoms with Gasteiger partial charge in [0, 0.05) is 30.7 Å². The van der Waals surface area contributed by atoms with Crippen LogP contribution in [0.1, 0.15) is 38.5 Å². The number of hydrogen-bond acceptors (Lipinski definition) is 6. The molecule has 1 amide bonds. The molecular formula is C29H33ClFN3O4. The number of amides is 1. The number of carbonyl (C=O) groups is 1. The molecule has 202 valence electrons. The van der Waals surface area contributed by atoms with Crippen molar-refractivity contribution in [2.45, 2.75) is 56.8 Å². The molecule has 1 saturated heterocycles. The molecule has 1 aromatic heterocycles. The van der Waals surface area contributed by atoms with Crippen LogP contribution >= 0.6 is 11.6 Å². The predicted molar refractivity (Wildman–Crippen MR) is 144 cm³/mol. The molecule has 2 aromatic carbocycles. The summed E-state index contributed by atoms with van der Waals surface area (Å²) in [5, 5.41) is 14.4. The second kappa shape index (κ2) is 12.3. The number of nitrogens with one attached hydrogen (secondary N) is 1. The molecule has 0 spiro atoms. The number of pyridine rings is 1. The summed E-state index contributed by atoms with van der Waals surface area (Å²) < 4.78 is 25.1. The van der Waals surface area contributed by atoms with Gasteiger partial charge < -0.3 is 24.8 Å². The minimum atomic E-state index is -0.661. The summed E-state index contributed by atoms with van der Waals surface area (Å²) in [4.78, 5) is 19.1. The Morgan fingerprint density at radius 2 is 1.89 bits per heavy atom. The largest absolute Gasteiger partial charge is 0.486 e. The van der Waals surface area contributed by atoms with Crippen LogP contribution < -0.4 is 14.8 Å². The number of ether oxygens (including phenoxy) is 2. The Bertz CT molecular complexity index is 1250. The van der Waals surface area contributed by atoms with E-state index in [9.17, 15) is 14.3 Å². The third-order valence-corrected chi connectivity index (χ3v) is 8.00. The van der Waals surface area contributed by atoms with E-state index in [4.69, 9.17) is 21.1 Å². The van der Waals surface area contributed by atoms with Gasteiger partial charge in [-0.3, -0.25) is 4.98 Å². The molecule has 2 N–H and O–H groups in total. The lowest BCUT2D eigenvalue weighted by Gasteiger charge is -2.37. The van der Waals surface area contributed by atoms with Gasteiger partial charge in [-0.15, -0.1) is 0 Å². The minimum Gasteiger partial charge on any atom is -0.486 e. The van der Waals surface area contributed by atoms with Crippen LogP contribution in [0.3, 0.4) is 0 Å². The van der Waals surface area contributed by atoms with Gasteiger partial charge in [0.25, 0.3) is 0 Å². The van der Waals surface area contributed by atoms with Crippen molar-refractivity contribution in [3.63, 3.8) is 0 Å². The number of para-hydroxylation sites is 1. The first-order chi connectivity index (χ1) is 18.5. The third kappa shape index (κ3) is 6.54. The zero-order chi connectivity index (χ0) is 26.5. The molecule has 0 unspecified atom stereocenters. The number of carbonyl (C=O) groups excluding carboxylic acids is 1. The SMILES string of the molecule is O=C(N[C@H]1CC[C@H](CCN2CC[C@H](Oc3cccc(F)c3Cl)[C@@H](O)C2)CC1)Oc1ccnc2ccccc12. The molecule has 9 heteroatoms. The van der Waals surface area contributed by atoms with Crippen LogP contribution in [-0.2, 0) is 0 Å². The smallest absolute Gasteiger partial charge is 0.412 e. The van der Waals surface area contributed by atoms with E-state index in [1.807, 2.05) is 24.3 Å². The average molecular weight is 542 g/mol. The van der Waals surface area contributed by atoms with E-state index < -0.39 is 24.1 Å². The van der Waals surface area contributed by atoms with Gasteiger partial charge in [-0.25, -0.2) is 9.18 Å². The van der Waals surface area contributed by atoms with E-state index in [2.05, 4.69) is 15.2 Å². The lowest BCUT2D eigenvalue weighted by Crippen LogP contribution is -2.49. The highest BCUT2D eigenvalue weighted by Crippen LogP contribution is 2.31. The third-order valence-electron chi connectivity index (χ3n) is 7.63. The summed E-state index contributed by atoms with van der Waals surface area (Å²) in [5.41, 5.74) is 0.790. The zero-order valence-corrected chi connectivity index (χ0v) is 21.9. The number of aliphatic hydroxyl groups is 1. The summed E-state index contributed by atoms with van der Waals surface area (Å²) in [6.07, 6.45) is 5.78. The molecule has 3 aromatic rings. The number of benzene rings is 2. The number of β-amino-alcohol motifs (C(OH)–C–C–N with tert-alkyl or cyclic N) is 1. The summed E-state index contributed by atoms with van der Waals surface area (Å²) in [5.74, 6) is 0.843. The van der Waals surface area contributed by atoms with E-state index in [0.717, 1.165) is 56.1 Å². The van der Waals surface area contributed by atoms with E-state index in [1.165, 1.54) is 6.07 Å².